The van der Waals surface area contributed by atoms with Crippen molar-refractivity contribution in [3.05, 3.63) is 28.8 Å². The smallest absolute Gasteiger partial charge is 0.337 e. The lowest BCUT2D eigenvalue weighted by molar-refractivity contribution is -0.114. The van der Waals surface area contributed by atoms with Gasteiger partial charge in [0.05, 0.1) is 17.8 Å². The molecule has 0 unspecified atom stereocenters. The van der Waals surface area contributed by atoms with Crippen LogP contribution in [0.15, 0.2) is 18.2 Å². The molecule has 0 aliphatic rings. The zero-order valence-electron chi connectivity index (χ0n) is 7.66. The number of hydrogen-bond acceptors (Lipinski definition) is 3. The van der Waals surface area contributed by atoms with E-state index >= 15 is 0 Å². The molecule has 1 aromatic carbocycles. The number of carboxylic acid groups (broad SMARTS) is 1. The van der Waals surface area contributed by atoms with Crippen molar-refractivity contribution < 1.29 is 14.7 Å². The van der Waals surface area contributed by atoms with E-state index in [2.05, 4.69) is 5.32 Å². The predicted molar refractivity (Wildman–Crippen MR) is 56.1 cm³/mol. The number of hydrogen-bond donors (Lipinski definition) is 3. The molecule has 80 valence electrons. The number of halogens is 1. The summed E-state index contributed by atoms with van der Waals surface area (Å²) in [6.45, 7) is -0.207. The number of carbonyl (C=O) groups is 2. The van der Waals surface area contributed by atoms with Gasteiger partial charge in [-0.3, -0.25) is 4.79 Å². The molecule has 15 heavy (non-hydrogen) atoms. The van der Waals surface area contributed by atoms with Crippen molar-refractivity contribution in [3.63, 3.8) is 0 Å². The summed E-state index contributed by atoms with van der Waals surface area (Å²) in [5.74, 6) is -1.62. The molecule has 0 spiro atoms. The lowest BCUT2D eigenvalue weighted by Crippen LogP contribution is -2.23. The largest absolute Gasteiger partial charge is 0.478 e. The van der Waals surface area contributed by atoms with E-state index in [4.69, 9.17) is 22.4 Å². The maximum Gasteiger partial charge on any atom is 0.337 e. The van der Waals surface area contributed by atoms with Crippen LogP contribution in [0.1, 0.15) is 10.4 Å². The topological polar surface area (TPSA) is 92.4 Å². The van der Waals surface area contributed by atoms with E-state index < -0.39 is 11.9 Å². The molecule has 1 aromatic rings. The van der Waals surface area contributed by atoms with Crippen molar-refractivity contribution in [3.8, 4) is 0 Å². The molecule has 0 bridgehead atoms. The van der Waals surface area contributed by atoms with Crippen LogP contribution in [-0.2, 0) is 4.79 Å². The highest BCUT2D eigenvalue weighted by atomic mass is 35.5. The minimum Gasteiger partial charge on any atom is -0.478 e. The van der Waals surface area contributed by atoms with Crippen LogP contribution in [0.2, 0.25) is 5.02 Å². The highest BCUT2D eigenvalue weighted by molar-refractivity contribution is 6.31. The van der Waals surface area contributed by atoms with E-state index in [0.29, 0.717) is 0 Å². The molecule has 0 saturated heterocycles. The number of amides is 1. The molecule has 0 aliphatic heterocycles. The van der Waals surface area contributed by atoms with E-state index in [1.807, 2.05) is 0 Å². The second-order valence-electron chi connectivity index (χ2n) is 2.75. The third-order valence-corrected chi connectivity index (χ3v) is 1.91. The first kappa shape index (κ1) is 11.5. The molecule has 0 aromatic heterocycles. The van der Waals surface area contributed by atoms with Crippen molar-refractivity contribution in [2.45, 2.75) is 0 Å². The van der Waals surface area contributed by atoms with Crippen molar-refractivity contribution in [1.29, 1.82) is 0 Å². The highest BCUT2D eigenvalue weighted by Crippen LogP contribution is 2.20. The fourth-order valence-electron chi connectivity index (χ4n) is 1.00. The van der Waals surface area contributed by atoms with Gasteiger partial charge in [0.15, 0.2) is 0 Å². The number of aromatic carboxylic acids is 1. The second-order valence-corrected chi connectivity index (χ2v) is 3.18. The molecule has 0 aliphatic carbocycles. The van der Waals surface area contributed by atoms with Crippen LogP contribution < -0.4 is 11.1 Å². The normalized spacial score (nSPS) is 9.73. The minimum absolute atomic E-state index is 0.0655. The molecule has 5 nitrogen and oxygen atoms in total. The number of carbonyl (C=O) groups excluding carboxylic acids is 1. The van der Waals surface area contributed by atoms with Crippen LogP contribution >= 0.6 is 11.6 Å². The third kappa shape index (κ3) is 2.93. The molecular weight excluding hydrogens is 220 g/mol. The summed E-state index contributed by atoms with van der Waals surface area (Å²) >= 11 is 5.63. The molecule has 1 rings (SSSR count). The zero-order chi connectivity index (χ0) is 11.4. The molecule has 0 heterocycles. The molecule has 0 fully saturated rings. The Bertz CT molecular complexity index is 406. The fourth-order valence-corrected chi connectivity index (χ4v) is 1.18. The Kier molecular flexibility index (Phi) is 3.65. The van der Waals surface area contributed by atoms with Gasteiger partial charge in [-0.25, -0.2) is 4.79 Å². The fraction of sp³-hybridized carbons (Fsp3) is 0.111. The lowest BCUT2D eigenvalue weighted by atomic mass is 10.2. The zero-order valence-corrected chi connectivity index (χ0v) is 8.41. The lowest BCUT2D eigenvalue weighted by Gasteiger charge is -2.07. The first-order chi connectivity index (χ1) is 7.04. The van der Waals surface area contributed by atoms with Gasteiger partial charge in [0.25, 0.3) is 0 Å². The average molecular weight is 229 g/mol. The van der Waals surface area contributed by atoms with Crippen LogP contribution in [0.4, 0.5) is 5.69 Å². The van der Waals surface area contributed by atoms with E-state index in [0.717, 1.165) is 0 Å². The van der Waals surface area contributed by atoms with E-state index in [1.54, 1.807) is 0 Å². The molecular formula is C9H9ClN2O3. The summed E-state index contributed by atoms with van der Waals surface area (Å²) in [5, 5.41) is 11.5. The Hall–Kier alpha value is -1.59. The van der Waals surface area contributed by atoms with Gasteiger partial charge in [0.2, 0.25) is 5.91 Å². The SMILES string of the molecule is NCC(=O)Nc1ccc(Cl)cc1C(=O)O. The summed E-state index contributed by atoms with van der Waals surface area (Å²) in [5.41, 5.74) is 5.21. The first-order valence-electron chi connectivity index (χ1n) is 4.07. The van der Waals surface area contributed by atoms with E-state index in [9.17, 15) is 9.59 Å². The number of benzene rings is 1. The number of nitrogens with one attached hydrogen (secondary N) is 1. The van der Waals surface area contributed by atoms with Crippen molar-refractivity contribution in [2.24, 2.45) is 5.73 Å². The average Bonchev–Trinajstić information content (AvgIpc) is 2.20. The summed E-state index contributed by atoms with van der Waals surface area (Å²) < 4.78 is 0. The Labute approximate surface area is 90.8 Å². The molecule has 0 saturated carbocycles. The van der Waals surface area contributed by atoms with Crippen molar-refractivity contribution in [1.82, 2.24) is 0 Å². The van der Waals surface area contributed by atoms with Gasteiger partial charge in [-0.15, -0.1) is 0 Å². The Morgan fingerprint density at radius 1 is 1.47 bits per heavy atom. The quantitative estimate of drug-likeness (QED) is 0.718. The number of rotatable bonds is 3. The Morgan fingerprint density at radius 3 is 2.67 bits per heavy atom. The summed E-state index contributed by atoms with van der Waals surface area (Å²) in [6.07, 6.45) is 0. The molecule has 0 radical (unpaired) electrons. The number of nitrogens with two attached hydrogens (primary N) is 1. The maximum atomic E-state index is 11.0. The van der Waals surface area contributed by atoms with Crippen molar-refractivity contribution >= 4 is 29.2 Å². The van der Waals surface area contributed by atoms with Gasteiger partial charge >= 0.3 is 5.97 Å². The van der Waals surface area contributed by atoms with E-state index in [-0.39, 0.29) is 22.8 Å². The maximum absolute atomic E-state index is 11.0. The summed E-state index contributed by atoms with van der Waals surface area (Å²) in [7, 11) is 0. The van der Waals surface area contributed by atoms with Gasteiger partial charge in [-0.05, 0) is 18.2 Å². The number of anilines is 1. The standard InChI is InChI=1S/C9H9ClN2O3/c10-5-1-2-7(12-8(13)4-11)6(3-5)9(14)15/h1-3H,4,11H2,(H,12,13)(H,14,15). The Morgan fingerprint density at radius 2 is 2.13 bits per heavy atom. The van der Waals surface area contributed by atoms with Gasteiger partial charge in [0.1, 0.15) is 0 Å². The van der Waals surface area contributed by atoms with E-state index in [1.165, 1.54) is 18.2 Å². The molecule has 1 amide bonds. The number of carboxylic acids is 1. The highest BCUT2D eigenvalue weighted by Gasteiger charge is 2.12. The van der Waals surface area contributed by atoms with Crippen LogP contribution in [0.3, 0.4) is 0 Å². The van der Waals surface area contributed by atoms with Gasteiger partial charge < -0.3 is 16.2 Å². The molecule has 4 N–H and O–H groups in total. The van der Waals surface area contributed by atoms with Gasteiger partial charge in [-0.1, -0.05) is 11.6 Å². The second kappa shape index (κ2) is 4.77. The summed E-state index contributed by atoms with van der Waals surface area (Å²) in [4.78, 5) is 21.8. The summed E-state index contributed by atoms with van der Waals surface area (Å²) in [6, 6.07) is 4.16. The third-order valence-electron chi connectivity index (χ3n) is 1.67. The van der Waals surface area contributed by atoms with Crippen LogP contribution in [0.5, 0.6) is 0 Å². The predicted octanol–water partition coefficient (Wildman–Crippen LogP) is 0.935. The van der Waals surface area contributed by atoms with Crippen LogP contribution in [0, 0.1) is 0 Å². The molecule has 6 heteroatoms. The monoisotopic (exact) mass is 228 g/mol. The minimum atomic E-state index is -1.16. The van der Waals surface area contributed by atoms with Crippen LogP contribution in [0.25, 0.3) is 0 Å². The van der Waals surface area contributed by atoms with Gasteiger partial charge in [-0.2, -0.15) is 0 Å². The molecule has 0 atom stereocenters. The Balaban J connectivity index is 3.06. The van der Waals surface area contributed by atoms with Gasteiger partial charge in [0, 0.05) is 5.02 Å². The first-order valence-corrected chi connectivity index (χ1v) is 4.45. The van der Waals surface area contributed by atoms with Crippen LogP contribution in [-0.4, -0.2) is 23.5 Å². The van der Waals surface area contributed by atoms with Crippen molar-refractivity contribution in [2.75, 3.05) is 11.9 Å².